The van der Waals surface area contributed by atoms with Gasteiger partial charge in [-0.1, -0.05) is 24.3 Å². The van der Waals surface area contributed by atoms with Gasteiger partial charge >= 0.3 is 5.92 Å². The molecular formula is C23H27F2N5O2S. The minimum atomic E-state index is -3.28. The van der Waals surface area contributed by atoms with Gasteiger partial charge in [0, 0.05) is 25.4 Å². The maximum Gasteiger partial charge on any atom is 0.303 e. The van der Waals surface area contributed by atoms with E-state index in [-0.39, 0.29) is 23.4 Å². The summed E-state index contributed by atoms with van der Waals surface area (Å²) in [5.74, 6) is -3.36. The maximum atomic E-state index is 13.8. The smallest absolute Gasteiger partial charge is 0.303 e. The van der Waals surface area contributed by atoms with Crippen LogP contribution in [0.1, 0.15) is 48.8 Å². The van der Waals surface area contributed by atoms with Crippen molar-refractivity contribution in [2.45, 2.75) is 44.6 Å². The second-order valence-electron chi connectivity index (χ2n) is 8.40. The van der Waals surface area contributed by atoms with Gasteiger partial charge in [-0.15, -0.1) is 0 Å². The molecule has 2 aromatic rings. The predicted molar refractivity (Wildman–Crippen MR) is 123 cm³/mol. The van der Waals surface area contributed by atoms with Crippen LogP contribution >= 0.6 is 0 Å². The number of hydrogen-bond acceptors (Lipinski definition) is 6. The van der Waals surface area contributed by atoms with Crippen LogP contribution < -0.4 is 10.1 Å². The standard InChI is InChI=1S/C23H27F2N5O2S/c1-23(24,25)22-27-15-18(21(30-22)32-17-7-3-2-4-8-17)20(31)29-19(16-9-10-16)11-14-33(26)13-6-5-12-28-33/h2-4,7-8,11,14-16,19,26H,5-6,9-10,12-13H2,1H3,(H,29,31)/b14-11+. The first kappa shape index (κ1) is 23.3. The van der Waals surface area contributed by atoms with Gasteiger partial charge in [-0.05, 0) is 58.8 Å². The van der Waals surface area contributed by atoms with Crippen molar-refractivity contribution in [1.29, 1.82) is 4.78 Å². The average molecular weight is 476 g/mol. The van der Waals surface area contributed by atoms with Crippen molar-refractivity contribution in [2.75, 3.05) is 12.3 Å². The van der Waals surface area contributed by atoms with Gasteiger partial charge in [0.2, 0.25) is 11.7 Å². The summed E-state index contributed by atoms with van der Waals surface area (Å²) in [6.07, 6.45) is 6.89. The first-order valence-electron chi connectivity index (χ1n) is 11.0. The third-order valence-corrected chi connectivity index (χ3v) is 7.63. The molecule has 0 saturated heterocycles. The molecule has 0 bridgehead atoms. The monoisotopic (exact) mass is 475 g/mol. The van der Waals surface area contributed by atoms with Gasteiger partial charge in [0.25, 0.3) is 5.91 Å². The Bertz CT molecular complexity index is 1150. The summed E-state index contributed by atoms with van der Waals surface area (Å²) in [5.41, 5.74) is -0.0267. The Morgan fingerprint density at radius 1 is 1.30 bits per heavy atom. The molecule has 1 aliphatic heterocycles. The van der Waals surface area contributed by atoms with E-state index in [0.29, 0.717) is 19.2 Å². The maximum absolute atomic E-state index is 13.8. The topological polar surface area (TPSA) is 100 Å². The molecule has 1 amide bonds. The van der Waals surface area contributed by atoms with Crippen LogP contribution in [0.15, 0.2) is 52.4 Å². The molecule has 0 radical (unpaired) electrons. The van der Waals surface area contributed by atoms with E-state index in [1.54, 1.807) is 30.3 Å². The highest BCUT2D eigenvalue weighted by molar-refractivity contribution is 7.97. The van der Waals surface area contributed by atoms with Gasteiger partial charge in [-0.25, -0.2) is 4.98 Å². The Balaban J connectivity index is 1.59. The fraction of sp³-hybridized carbons (Fsp3) is 0.435. The fourth-order valence-corrected chi connectivity index (χ4v) is 5.35. The molecule has 7 nitrogen and oxygen atoms in total. The Labute approximate surface area is 192 Å². The number of para-hydroxylation sites is 1. The van der Waals surface area contributed by atoms with Crippen molar-refractivity contribution < 1.29 is 18.3 Å². The highest BCUT2D eigenvalue weighted by atomic mass is 32.2. The first-order chi connectivity index (χ1) is 15.7. The van der Waals surface area contributed by atoms with Crippen LogP contribution in [0.4, 0.5) is 8.78 Å². The molecule has 2 N–H and O–H groups in total. The summed E-state index contributed by atoms with van der Waals surface area (Å²) in [6, 6.07) is 8.27. The molecule has 10 heteroatoms. The van der Waals surface area contributed by atoms with E-state index in [4.69, 9.17) is 9.52 Å². The van der Waals surface area contributed by atoms with Crippen molar-refractivity contribution in [3.05, 3.63) is 59.4 Å². The number of nitrogens with one attached hydrogen (secondary N) is 2. The van der Waals surface area contributed by atoms with Crippen molar-refractivity contribution in [3.8, 4) is 11.6 Å². The highest BCUT2D eigenvalue weighted by Gasteiger charge is 2.33. The lowest BCUT2D eigenvalue weighted by molar-refractivity contribution is 0.00707. The van der Waals surface area contributed by atoms with Crippen LogP contribution in [0.25, 0.3) is 0 Å². The van der Waals surface area contributed by atoms with Crippen molar-refractivity contribution in [1.82, 2.24) is 15.3 Å². The molecule has 1 aromatic heterocycles. The van der Waals surface area contributed by atoms with Crippen LogP contribution in [-0.4, -0.2) is 34.2 Å². The van der Waals surface area contributed by atoms with Crippen molar-refractivity contribution >= 4 is 15.5 Å². The summed E-state index contributed by atoms with van der Waals surface area (Å²) in [7, 11) is -1.90. The van der Waals surface area contributed by atoms with Gasteiger partial charge in [-0.3, -0.25) is 13.9 Å². The van der Waals surface area contributed by atoms with E-state index in [0.717, 1.165) is 37.6 Å². The molecule has 0 spiro atoms. The SMILES string of the molecule is CC(F)(F)c1ncc(C(=O)NC(/C=C/S2(=N)=NCCCC2)C2CC2)c(Oc2ccccc2)n1. The summed E-state index contributed by atoms with van der Waals surface area (Å²) in [4.78, 5) is 20.7. The van der Waals surface area contributed by atoms with Gasteiger partial charge in [-0.2, -0.15) is 13.8 Å². The number of halogens is 2. The van der Waals surface area contributed by atoms with Gasteiger partial charge in [0.1, 0.15) is 11.3 Å². The number of alkyl halides is 2. The largest absolute Gasteiger partial charge is 0.438 e. The highest BCUT2D eigenvalue weighted by Crippen LogP contribution is 2.34. The number of benzene rings is 1. The van der Waals surface area contributed by atoms with E-state index >= 15 is 0 Å². The van der Waals surface area contributed by atoms with Crippen LogP contribution in [0.2, 0.25) is 0 Å². The molecule has 2 atom stereocenters. The number of carbonyl (C=O) groups excluding carboxylic acids is 1. The quantitative estimate of drug-likeness (QED) is 0.541. The number of amides is 1. The molecule has 1 saturated carbocycles. The number of carbonyl (C=O) groups is 1. The summed E-state index contributed by atoms with van der Waals surface area (Å²) >= 11 is 0. The molecular weight excluding hydrogens is 448 g/mol. The van der Waals surface area contributed by atoms with Crippen LogP contribution in [0.5, 0.6) is 11.6 Å². The van der Waals surface area contributed by atoms with Gasteiger partial charge < -0.3 is 10.1 Å². The molecule has 176 valence electrons. The normalized spacial score (nSPS) is 21.9. The fourth-order valence-electron chi connectivity index (χ4n) is 3.47. The summed E-state index contributed by atoms with van der Waals surface area (Å²) < 4.78 is 46.4. The number of rotatable bonds is 8. The van der Waals surface area contributed by atoms with E-state index in [9.17, 15) is 13.6 Å². The van der Waals surface area contributed by atoms with Gasteiger partial charge in [0.15, 0.2) is 0 Å². The van der Waals surface area contributed by atoms with Crippen LogP contribution in [0, 0.1) is 10.7 Å². The Hall–Kier alpha value is -2.88. The molecule has 4 rings (SSSR count). The molecule has 1 aromatic carbocycles. The molecule has 2 heterocycles. The molecule has 1 aliphatic carbocycles. The summed E-state index contributed by atoms with van der Waals surface area (Å²) in [6.45, 7) is 1.40. The van der Waals surface area contributed by atoms with Crippen LogP contribution in [-0.2, 0) is 15.5 Å². The van der Waals surface area contributed by atoms with E-state index < -0.39 is 27.3 Å². The average Bonchev–Trinajstić information content (AvgIpc) is 3.62. The number of aromatic nitrogens is 2. The molecule has 2 unspecified atom stereocenters. The second kappa shape index (κ2) is 9.54. The van der Waals surface area contributed by atoms with E-state index in [1.807, 2.05) is 11.5 Å². The van der Waals surface area contributed by atoms with Gasteiger partial charge in [0.05, 0.1) is 6.04 Å². The number of ether oxygens (including phenoxy) is 1. The zero-order valence-electron chi connectivity index (χ0n) is 18.3. The Morgan fingerprint density at radius 3 is 2.70 bits per heavy atom. The summed E-state index contributed by atoms with van der Waals surface area (Å²) in [5, 5.41) is 4.79. The Kier molecular flexibility index (Phi) is 6.73. The lowest BCUT2D eigenvalue weighted by Crippen LogP contribution is -2.35. The van der Waals surface area contributed by atoms with Crippen molar-refractivity contribution in [2.24, 2.45) is 10.3 Å². The number of hydrogen-bond donors (Lipinski definition) is 2. The minimum Gasteiger partial charge on any atom is -0.438 e. The van der Waals surface area contributed by atoms with Crippen LogP contribution in [0.3, 0.4) is 0 Å². The molecule has 33 heavy (non-hydrogen) atoms. The predicted octanol–water partition coefficient (Wildman–Crippen LogP) is 5.30. The third-order valence-electron chi connectivity index (χ3n) is 5.47. The zero-order chi connectivity index (χ0) is 23.5. The lowest BCUT2D eigenvalue weighted by Gasteiger charge is -2.19. The molecule has 1 fully saturated rings. The zero-order valence-corrected chi connectivity index (χ0v) is 19.2. The number of nitrogens with zero attached hydrogens (tertiary/aromatic N) is 3. The van der Waals surface area contributed by atoms with Crippen molar-refractivity contribution in [3.63, 3.8) is 0 Å². The Morgan fingerprint density at radius 2 is 2.06 bits per heavy atom. The van der Waals surface area contributed by atoms with E-state index in [1.165, 1.54) is 0 Å². The second-order valence-corrected chi connectivity index (χ2v) is 10.8. The third kappa shape index (κ3) is 6.13. The lowest BCUT2D eigenvalue weighted by atomic mass is 10.1. The minimum absolute atomic E-state index is 0.0267. The first-order valence-corrected chi connectivity index (χ1v) is 12.8. The molecule has 2 aliphatic rings. The van der Waals surface area contributed by atoms with E-state index in [2.05, 4.69) is 19.6 Å².